The van der Waals surface area contributed by atoms with E-state index in [1.807, 2.05) is 0 Å². The number of nitrogen functional groups attached to an aromatic ring is 1. The summed E-state index contributed by atoms with van der Waals surface area (Å²) in [5.74, 6) is -0.882. The fraction of sp³-hybridized carbons (Fsp3) is 0.231. The molecule has 0 aliphatic rings. The summed E-state index contributed by atoms with van der Waals surface area (Å²) < 4.78 is 19.7. The van der Waals surface area contributed by atoms with Crippen molar-refractivity contribution in [1.29, 1.82) is 0 Å². The third kappa shape index (κ3) is 3.09. The normalized spacial score (nSPS) is 10.4. The lowest BCUT2D eigenvalue weighted by Gasteiger charge is -2.03. The number of ether oxygens (including phenoxy) is 1. The van der Waals surface area contributed by atoms with Crippen molar-refractivity contribution in [2.75, 3.05) is 12.3 Å². The Morgan fingerprint density at radius 3 is 3.00 bits per heavy atom. The number of halogens is 1. The van der Waals surface area contributed by atoms with E-state index in [-0.39, 0.29) is 5.69 Å². The summed E-state index contributed by atoms with van der Waals surface area (Å²) in [6.45, 7) is 2.41. The largest absolute Gasteiger partial charge is 0.462 e. The van der Waals surface area contributed by atoms with Crippen molar-refractivity contribution in [2.45, 2.75) is 13.5 Å². The number of esters is 1. The molecule has 1 aromatic heterocycles. The third-order valence-corrected chi connectivity index (χ3v) is 2.55. The van der Waals surface area contributed by atoms with Gasteiger partial charge in [-0.05, 0) is 24.6 Å². The van der Waals surface area contributed by atoms with Gasteiger partial charge in [0.05, 0.1) is 30.6 Å². The highest BCUT2D eigenvalue weighted by atomic mass is 19.1. The Kier molecular flexibility index (Phi) is 3.79. The fourth-order valence-electron chi connectivity index (χ4n) is 1.63. The fourth-order valence-corrected chi connectivity index (χ4v) is 1.63. The van der Waals surface area contributed by atoms with E-state index in [1.54, 1.807) is 19.2 Å². The summed E-state index contributed by atoms with van der Waals surface area (Å²) in [5.41, 5.74) is 6.59. The van der Waals surface area contributed by atoms with Crippen molar-refractivity contribution in [3.05, 3.63) is 47.5 Å². The van der Waals surface area contributed by atoms with Crippen molar-refractivity contribution in [3.63, 3.8) is 0 Å². The van der Waals surface area contributed by atoms with Gasteiger partial charge in [-0.3, -0.25) is 4.68 Å². The Morgan fingerprint density at radius 1 is 1.53 bits per heavy atom. The third-order valence-electron chi connectivity index (χ3n) is 2.55. The van der Waals surface area contributed by atoms with Gasteiger partial charge in [0.1, 0.15) is 5.82 Å². The number of anilines is 1. The SMILES string of the molecule is CCOC(=O)c1cnn(Cc2ccc(N)c(F)c2)c1. The molecule has 0 radical (unpaired) electrons. The van der Waals surface area contributed by atoms with Crippen LogP contribution in [0.4, 0.5) is 10.1 Å². The first kappa shape index (κ1) is 13.1. The van der Waals surface area contributed by atoms with Gasteiger partial charge in [-0.25, -0.2) is 9.18 Å². The number of benzene rings is 1. The van der Waals surface area contributed by atoms with Gasteiger partial charge in [0.2, 0.25) is 0 Å². The number of nitrogens with zero attached hydrogens (tertiary/aromatic N) is 2. The number of carbonyl (C=O) groups is 1. The molecule has 0 bridgehead atoms. The average Bonchev–Trinajstić information content (AvgIpc) is 2.83. The molecule has 0 unspecified atom stereocenters. The quantitative estimate of drug-likeness (QED) is 0.675. The summed E-state index contributed by atoms with van der Waals surface area (Å²) >= 11 is 0. The van der Waals surface area contributed by atoms with E-state index in [1.165, 1.54) is 23.0 Å². The van der Waals surface area contributed by atoms with E-state index in [0.717, 1.165) is 0 Å². The van der Waals surface area contributed by atoms with Gasteiger partial charge in [0.25, 0.3) is 0 Å². The average molecular weight is 263 g/mol. The van der Waals surface area contributed by atoms with Crippen LogP contribution >= 0.6 is 0 Å². The van der Waals surface area contributed by atoms with Crippen LogP contribution in [-0.2, 0) is 11.3 Å². The molecule has 100 valence electrons. The van der Waals surface area contributed by atoms with E-state index in [9.17, 15) is 9.18 Å². The molecular formula is C13H14FN3O2. The van der Waals surface area contributed by atoms with Crippen molar-refractivity contribution in [3.8, 4) is 0 Å². The molecule has 19 heavy (non-hydrogen) atoms. The standard InChI is InChI=1S/C13H14FN3O2/c1-2-19-13(18)10-6-16-17(8-10)7-9-3-4-12(15)11(14)5-9/h3-6,8H,2,7,15H2,1H3. The lowest BCUT2D eigenvalue weighted by molar-refractivity contribution is 0.0526. The maximum absolute atomic E-state index is 13.3. The molecule has 1 aromatic carbocycles. The molecule has 2 rings (SSSR count). The molecule has 0 saturated heterocycles. The molecule has 0 fully saturated rings. The Balaban J connectivity index is 2.11. The zero-order valence-corrected chi connectivity index (χ0v) is 10.5. The van der Waals surface area contributed by atoms with Crippen LogP contribution in [-0.4, -0.2) is 22.4 Å². The lowest BCUT2D eigenvalue weighted by Crippen LogP contribution is -2.04. The Morgan fingerprint density at radius 2 is 2.32 bits per heavy atom. The van der Waals surface area contributed by atoms with Crippen molar-refractivity contribution < 1.29 is 13.9 Å². The molecule has 2 N–H and O–H groups in total. The van der Waals surface area contributed by atoms with Crippen LogP contribution in [0.1, 0.15) is 22.8 Å². The van der Waals surface area contributed by atoms with Gasteiger partial charge in [-0.1, -0.05) is 6.07 Å². The van der Waals surface area contributed by atoms with Crippen molar-refractivity contribution >= 4 is 11.7 Å². The van der Waals surface area contributed by atoms with E-state index in [4.69, 9.17) is 10.5 Å². The molecule has 6 heteroatoms. The highest BCUT2D eigenvalue weighted by Gasteiger charge is 2.09. The molecule has 0 aliphatic heterocycles. The molecule has 0 atom stereocenters. The number of hydrogen-bond donors (Lipinski definition) is 1. The minimum absolute atomic E-state index is 0.108. The molecule has 0 aliphatic carbocycles. The van der Waals surface area contributed by atoms with E-state index in [0.29, 0.717) is 24.3 Å². The molecule has 1 heterocycles. The second-order valence-corrected chi connectivity index (χ2v) is 4.00. The Hall–Kier alpha value is -2.37. The van der Waals surface area contributed by atoms with Crippen molar-refractivity contribution in [2.24, 2.45) is 0 Å². The van der Waals surface area contributed by atoms with Crippen LogP contribution in [0.2, 0.25) is 0 Å². The summed E-state index contributed by atoms with van der Waals surface area (Å²) in [6, 6.07) is 4.56. The van der Waals surface area contributed by atoms with Crippen LogP contribution in [0.5, 0.6) is 0 Å². The predicted molar refractivity (Wildman–Crippen MR) is 68.1 cm³/mol. The Bertz CT molecular complexity index is 595. The number of nitrogens with two attached hydrogens (primary N) is 1. The van der Waals surface area contributed by atoms with Crippen LogP contribution in [0.3, 0.4) is 0 Å². The summed E-state index contributed by atoms with van der Waals surface area (Å²) in [4.78, 5) is 11.5. The zero-order chi connectivity index (χ0) is 13.8. The van der Waals surface area contributed by atoms with Crippen LogP contribution in [0.25, 0.3) is 0 Å². The second-order valence-electron chi connectivity index (χ2n) is 4.00. The van der Waals surface area contributed by atoms with E-state index >= 15 is 0 Å². The molecule has 0 amide bonds. The highest BCUT2D eigenvalue weighted by Crippen LogP contribution is 2.13. The first-order valence-corrected chi connectivity index (χ1v) is 5.83. The van der Waals surface area contributed by atoms with Gasteiger partial charge >= 0.3 is 5.97 Å². The minimum Gasteiger partial charge on any atom is -0.462 e. The zero-order valence-electron chi connectivity index (χ0n) is 10.5. The molecular weight excluding hydrogens is 249 g/mol. The summed E-state index contributed by atoms with van der Waals surface area (Å²) in [5, 5.41) is 4.03. The number of hydrogen-bond acceptors (Lipinski definition) is 4. The van der Waals surface area contributed by atoms with E-state index < -0.39 is 11.8 Å². The van der Waals surface area contributed by atoms with Crippen LogP contribution < -0.4 is 5.73 Å². The number of rotatable bonds is 4. The van der Waals surface area contributed by atoms with Crippen LogP contribution in [0, 0.1) is 5.82 Å². The topological polar surface area (TPSA) is 70.1 Å². The number of carbonyl (C=O) groups excluding carboxylic acids is 1. The first-order chi connectivity index (χ1) is 9.10. The van der Waals surface area contributed by atoms with Gasteiger partial charge in [-0.15, -0.1) is 0 Å². The minimum atomic E-state index is -0.463. The van der Waals surface area contributed by atoms with Crippen molar-refractivity contribution in [1.82, 2.24) is 9.78 Å². The molecule has 5 nitrogen and oxygen atoms in total. The van der Waals surface area contributed by atoms with Gasteiger partial charge in [0, 0.05) is 6.20 Å². The summed E-state index contributed by atoms with van der Waals surface area (Å²) in [6.07, 6.45) is 2.98. The van der Waals surface area contributed by atoms with Gasteiger partial charge < -0.3 is 10.5 Å². The molecule has 2 aromatic rings. The van der Waals surface area contributed by atoms with Crippen LogP contribution in [0.15, 0.2) is 30.6 Å². The Labute approximate surface area is 109 Å². The summed E-state index contributed by atoms with van der Waals surface area (Å²) in [7, 11) is 0. The highest BCUT2D eigenvalue weighted by molar-refractivity contribution is 5.88. The maximum atomic E-state index is 13.3. The lowest BCUT2D eigenvalue weighted by atomic mass is 10.2. The van der Waals surface area contributed by atoms with Gasteiger partial charge in [0.15, 0.2) is 0 Å². The smallest absolute Gasteiger partial charge is 0.341 e. The molecule has 0 saturated carbocycles. The predicted octanol–water partition coefficient (Wildman–Crippen LogP) is 1.83. The monoisotopic (exact) mass is 263 g/mol. The van der Waals surface area contributed by atoms with Gasteiger partial charge in [-0.2, -0.15) is 5.10 Å². The van der Waals surface area contributed by atoms with E-state index in [2.05, 4.69) is 5.10 Å². The maximum Gasteiger partial charge on any atom is 0.341 e. The first-order valence-electron chi connectivity index (χ1n) is 5.83. The molecule has 0 spiro atoms. The number of aromatic nitrogens is 2. The second kappa shape index (κ2) is 5.51.